The lowest BCUT2D eigenvalue weighted by Gasteiger charge is -2.60. The smallest absolute Gasteiger partial charge is 0.246 e. The number of amides is 1. The van der Waals surface area contributed by atoms with Crippen LogP contribution in [-0.4, -0.2) is 73.2 Å². The highest BCUT2D eigenvalue weighted by Gasteiger charge is 2.66. The van der Waals surface area contributed by atoms with Crippen LogP contribution in [0, 0.1) is 12.8 Å². The first-order chi connectivity index (χ1) is 18.3. The second-order valence-corrected chi connectivity index (χ2v) is 11.8. The molecule has 2 fully saturated rings. The summed E-state index contributed by atoms with van der Waals surface area (Å²) in [7, 11) is 6.00. The predicted molar refractivity (Wildman–Crippen MR) is 152 cm³/mol. The topological polar surface area (TPSA) is 56.2 Å². The molecule has 5 atom stereocenters. The summed E-state index contributed by atoms with van der Waals surface area (Å²) in [5.41, 5.74) is 5.58. The molecule has 2 aliphatic carbocycles. The lowest BCUT2D eigenvalue weighted by atomic mass is 9.50. The van der Waals surface area contributed by atoms with Crippen LogP contribution >= 0.6 is 0 Å². The Hall–Kier alpha value is -3.25. The molecule has 1 N–H and O–H groups in total. The predicted octanol–water partition coefficient (Wildman–Crippen LogP) is 4.53. The fraction of sp³-hybridized carbons (Fsp3) is 0.469. The van der Waals surface area contributed by atoms with Crippen molar-refractivity contribution in [3.63, 3.8) is 0 Å². The van der Waals surface area contributed by atoms with E-state index >= 15 is 0 Å². The third-order valence-electron chi connectivity index (χ3n) is 9.66. The second-order valence-electron chi connectivity index (χ2n) is 11.8. The third-order valence-corrected chi connectivity index (χ3v) is 9.66. The van der Waals surface area contributed by atoms with Crippen LogP contribution in [0.5, 0.6) is 11.5 Å². The fourth-order valence-corrected chi connectivity index (χ4v) is 8.07. The molecule has 1 amide bonds. The minimum atomic E-state index is -0.202. The van der Waals surface area contributed by atoms with E-state index in [0.717, 1.165) is 50.0 Å². The van der Waals surface area contributed by atoms with Gasteiger partial charge >= 0.3 is 0 Å². The van der Waals surface area contributed by atoms with Gasteiger partial charge in [0.25, 0.3) is 0 Å². The summed E-state index contributed by atoms with van der Waals surface area (Å²) in [5.74, 6) is 1.28. The van der Waals surface area contributed by atoms with E-state index in [1.807, 2.05) is 56.4 Å². The summed E-state index contributed by atoms with van der Waals surface area (Å²) in [6, 6.07) is 10.4. The zero-order chi connectivity index (χ0) is 26.8. The molecular formula is C32H39N3O3. The molecule has 6 rings (SSSR count). The number of aryl methyl sites for hydroxylation is 1. The number of phenols is 1. The lowest BCUT2D eigenvalue weighted by Crippen LogP contribution is -2.68. The second kappa shape index (κ2) is 9.19. The van der Waals surface area contributed by atoms with Crippen molar-refractivity contribution in [3.8, 4) is 11.5 Å². The Balaban J connectivity index is 1.39. The highest BCUT2D eigenvalue weighted by atomic mass is 16.5. The molecule has 6 nitrogen and oxygen atoms in total. The van der Waals surface area contributed by atoms with Crippen molar-refractivity contribution in [3.05, 3.63) is 71.3 Å². The van der Waals surface area contributed by atoms with E-state index in [1.54, 1.807) is 6.08 Å². The van der Waals surface area contributed by atoms with Crippen LogP contribution in [0.3, 0.4) is 0 Å². The first kappa shape index (κ1) is 25.1. The van der Waals surface area contributed by atoms with E-state index in [-0.39, 0.29) is 29.2 Å². The molecule has 1 saturated heterocycles. The van der Waals surface area contributed by atoms with Gasteiger partial charge in [-0.25, -0.2) is 0 Å². The molecule has 6 heteroatoms. The van der Waals surface area contributed by atoms with Gasteiger partial charge < -0.3 is 19.6 Å². The van der Waals surface area contributed by atoms with E-state index in [1.165, 1.54) is 16.7 Å². The van der Waals surface area contributed by atoms with Crippen molar-refractivity contribution >= 4 is 17.7 Å². The lowest BCUT2D eigenvalue weighted by molar-refractivity contribution is -0.135. The van der Waals surface area contributed by atoms with Crippen molar-refractivity contribution < 1.29 is 14.6 Å². The van der Waals surface area contributed by atoms with Crippen molar-refractivity contribution in [1.82, 2.24) is 9.80 Å². The maximum atomic E-state index is 13.5. The molecule has 38 heavy (non-hydrogen) atoms. The van der Waals surface area contributed by atoms with Gasteiger partial charge in [0.1, 0.15) is 6.10 Å². The van der Waals surface area contributed by atoms with Gasteiger partial charge in [0.05, 0.1) is 6.04 Å². The number of phenolic OH excluding ortho intramolecular Hbond substituents is 1. The Morgan fingerprint density at radius 3 is 2.82 bits per heavy atom. The summed E-state index contributed by atoms with van der Waals surface area (Å²) in [5, 5.41) is 11.2. The fourth-order valence-electron chi connectivity index (χ4n) is 8.07. The molecule has 2 bridgehead atoms. The van der Waals surface area contributed by atoms with E-state index in [0.29, 0.717) is 17.7 Å². The number of carbonyl (C=O) groups is 1. The zero-order valence-corrected chi connectivity index (χ0v) is 23.0. The molecule has 2 heterocycles. The quantitative estimate of drug-likeness (QED) is 0.454. The number of likely N-dealkylation sites (tertiary alicyclic amines) is 1. The molecule has 0 radical (unpaired) electrons. The minimum Gasteiger partial charge on any atom is -0.504 e. The molecule has 1 saturated carbocycles. The van der Waals surface area contributed by atoms with Gasteiger partial charge in [0, 0.05) is 62.5 Å². The molecule has 2 aromatic carbocycles. The number of piperidine rings is 1. The highest BCUT2D eigenvalue weighted by Crippen LogP contribution is 2.65. The Labute approximate surface area is 226 Å². The van der Waals surface area contributed by atoms with E-state index in [2.05, 4.69) is 35.4 Å². The Kier molecular flexibility index (Phi) is 6.06. The first-order valence-electron chi connectivity index (χ1n) is 13.9. The number of carbonyl (C=O) groups excluding carboxylic acids is 1. The first-order valence-corrected chi connectivity index (χ1v) is 13.9. The molecule has 2 aromatic rings. The standard InChI is InChI=1S/C32H39N3O3/c1-6-15-35-16-14-32-23-11-12-24(34(5)28(37)13-10-21-9-7-8-20(2)17-21)31(32)38-30-27(36)19-25(33(3)4)22(29(30)32)18-26(23)35/h6-10,13,17,19,23-24,26,31,36H,1,11-12,14-16,18H2,2-5H3/t23-,24+,26+,31-,32-/m0/s1. The van der Waals surface area contributed by atoms with Crippen molar-refractivity contribution in [2.45, 2.75) is 56.2 Å². The number of aromatic hydroxyl groups is 1. The molecule has 0 aromatic heterocycles. The van der Waals surface area contributed by atoms with Gasteiger partial charge in [-0.3, -0.25) is 9.69 Å². The largest absolute Gasteiger partial charge is 0.504 e. The van der Waals surface area contributed by atoms with E-state index in [9.17, 15) is 9.90 Å². The van der Waals surface area contributed by atoms with E-state index in [4.69, 9.17) is 4.74 Å². The van der Waals surface area contributed by atoms with E-state index < -0.39 is 0 Å². The van der Waals surface area contributed by atoms with Crippen LogP contribution in [0.4, 0.5) is 5.69 Å². The molecule has 2 aliphatic heterocycles. The monoisotopic (exact) mass is 513 g/mol. The number of ether oxygens (including phenoxy) is 1. The Morgan fingerprint density at radius 2 is 2.08 bits per heavy atom. The number of nitrogens with zero attached hydrogens (tertiary/aromatic N) is 3. The maximum Gasteiger partial charge on any atom is 0.246 e. The average Bonchev–Trinajstić information content (AvgIpc) is 3.24. The van der Waals surface area contributed by atoms with Gasteiger partial charge in [-0.15, -0.1) is 6.58 Å². The number of hydrogen-bond donors (Lipinski definition) is 1. The summed E-state index contributed by atoms with van der Waals surface area (Å²) >= 11 is 0. The molecule has 1 spiro atoms. The number of benzene rings is 2. The van der Waals surface area contributed by atoms with Crippen LogP contribution in [0.1, 0.15) is 41.5 Å². The Bertz CT molecular complexity index is 1320. The summed E-state index contributed by atoms with van der Waals surface area (Å²) in [6.07, 6.45) is 9.26. The normalized spacial score (nSPS) is 29.1. The van der Waals surface area contributed by atoms with Gasteiger partial charge in [0.2, 0.25) is 5.91 Å². The third kappa shape index (κ3) is 3.60. The summed E-state index contributed by atoms with van der Waals surface area (Å²) in [6.45, 7) is 7.94. The van der Waals surface area contributed by atoms with Crippen LogP contribution in [-0.2, 0) is 16.6 Å². The minimum absolute atomic E-state index is 0.0132. The number of anilines is 1. The van der Waals surface area contributed by atoms with Gasteiger partial charge in [-0.05, 0) is 62.3 Å². The van der Waals surface area contributed by atoms with Gasteiger partial charge in [0.15, 0.2) is 11.5 Å². The van der Waals surface area contributed by atoms with Gasteiger partial charge in [-0.2, -0.15) is 0 Å². The van der Waals surface area contributed by atoms with Crippen LogP contribution < -0.4 is 9.64 Å². The SMILES string of the molecule is C=CCN1CC[C@]23c4c5c(N(C)C)cc(O)c4O[C@H]2[C@H](N(C)C(=O)C=Cc2cccc(C)c2)CC[C@H]3[C@H]1C5. The van der Waals surface area contributed by atoms with Crippen LogP contribution in [0.15, 0.2) is 49.1 Å². The van der Waals surface area contributed by atoms with Crippen molar-refractivity contribution in [1.29, 1.82) is 0 Å². The van der Waals surface area contributed by atoms with Crippen LogP contribution in [0.2, 0.25) is 0 Å². The Morgan fingerprint density at radius 1 is 1.26 bits per heavy atom. The highest BCUT2D eigenvalue weighted by molar-refractivity contribution is 5.92. The number of hydrogen-bond acceptors (Lipinski definition) is 5. The van der Waals surface area contributed by atoms with Gasteiger partial charge in [-0.1, -0.05) is 35.9 Å². The number of rotatable bonds is 6. The molecule has 200 valence electrons. The number of likely N-dealkylation sites (N-methyl/N-ethyl adjacent to an activating group) is 1. The summed E-state index contributed by atoms with van der Waals surface area (Å²) < 4.78 is 6.78. The molecule has 0 unspecified atom stereocenters. The summed E-state index contributed by atoms with van der Waals surface area (Å²) in [4.78, 5) is 20.0. The maximum absolute atomic E-state index is 13.5. The molecule has 4 aliphatic rings. The zero-order valence-electron chi connectivity index (χ0n) is 23.0. The van der Waals surface area contributed by atoms with Crippen molar-refractivity contribution in [2.24, 2.45) is 5.92 Å². The molecular weight excluding hydrogens is 474 g/mol. The average molecular weight is 514 g/mol. The van der Waals surface area contributed by atoms with Crippen LogP contribution in [0.25, 0.3) is 6.08 Å². The van der Waals surface area contributed by atoms with Crippen molar-refractivity contribution in [2.75, 3.05) is 39.1 Å².